The first-order valence-electron chi connectivity index (χ1n) is 12.3. The average molecular weight is 517 g/mol. The Morgan fingerprint density at radius 2 is 1.32 bits per heavy atom. The van der Waals surface area contributed by atoms with Gasteiger partial charge in [0, 0.05) is 17.5 Å². The molecule has 0 aromatic heterocycles. The Kier molecular flexibility index (Phi) is 10.2. The standard InChI is InChI=1S/C30H32N2O6/c1-20(2)26(32-30(36)38-19-22-10-6-4-7-11-22)28(34)31-25(29(35)37-3)18-21-14-16-24(17-15-21)27(33)23-12-8-5-9-13-23/h4-17,20,25-26H,18-19H2,1-3H3,(H,31,34)(H,32,36)/t25-,26-/m1/s1. The van der Waals surface area contributed by atoms with Crippen molar-refractivity contribution < 1.29 is 28.7 Å². The van der Waals surface area contributed by atoms with Crippen molar-refractivity contribution in [3.8, 4) is 0 Å². The summed E-state index contributed by atoms with van der Waals surface area (Å²) in [5.41, 5.74) is 2.63. The SMILES string of the molecule is COC(=O)[C@@H](Cc1ccc(C(=O)c2ccccc2)cc1)NC(=O)[C@H](NC(=O)OCc1ccccc1)C(C)C. The van der Waals surface area contributed by atoms with Crippen molar-refractivity contribution in [2.45, 2.75) is 39.0 Å². The number of carbonyl (C=O) groups is 4. The molecule has 0 aliphatic heterocycles. The van der Waals surface area contributed by atoms with Gasteiger partial charge in [0.05, 0.1) is 7.11 Å². The highest BCUT2D eigenvalue weighted by atomic mass is 16.5. The van der Waals surface area contributed by atoms with Gasteiger partial charge < -0.3 is 20.1 Å². The molecule has 3 aromatic carbocycles. The van der Waals surface area contributed by atoms with E-state index >= 15 is 0 Å². The number of benzene rings is 3. The minimum atomic E-state index is -0.994. The third-order valence-corrected chi connectivity index (χ3v) is 5.93. The van der Waals surface area contributed by atoms with E-state index in [2.05, 4.69) is 10.6 Å². The van der Waals surface area contributed by atoms with E-state index in [1.807, 2.05) is 36.4 Å². The maximum atomic E-state index is 13.1. The van der Waals surface area contributed by atoms with Crippen LogP contribution in [0, 0.1) is 5.92 Å². The number of hydrogen-bond acceptors (Lipinski definition) is 6. The Morgan fingerprint density at radius 3 is 1.89 bits per heavy atom. The van der Waals surface area contributed by atoms with E-state index in [-0.39, 0.29) is 24.7 Å². The largest absolute Gasteiger partial charge is 0.467 e. The van der Waals surface area contributed by atoms with Crippen LogP contribution in [0.25, 0.3) is 0 Å². The zero-order chi connectivity index (χ0) is 27.5. The average Bonchev–Trinajstić information content (AvgIpc) is 2.94. The van der Waals surface area contributed by atoms with Crippen molar-refractivity contribution in [3.05, 3.63) is 107 Å². The van der Waals surface area contributed by atoms with E-state index in [1.54, 1.807) is 62.4 Å². The molecule has 3 rings (SSSR count). The minimum absolute atomic E-state index is 0.0622. The number of methoxy groups -OCH3 is 1. The number of alkyl carbamates (subject to hydrolysis) is 1. The molecule has 8 heteroatoms. The molecule has 38 heavy (non-hydrogen) atoms. The van der Waals surface area contributed by atoms with Gasteiger partial charge in [0.25, 0.3) is 0 Å². The van der Waals surface area contributed by atoms with Crippen molar-refractivity contribution in [2.75, 3.05) is 7.11 Å². The van der Waals surface area contributed by atoms with E-state index < -0.39 is 30.1 Å². The summed E-state index contributed by atoms with van der Waals surface area (Å²) in [5, 5.41) is 5.27. The Bertz CT molecular complexity index is 1230. The summed E-state index contributed by atoms with van der Waals surface area (Å²) in [6, 6.07) is 23.0. The first-order chi connectivity index (χ1) is 18.3. The lowest BCUT2D eigenvalue weighted by atomic mass is 9.99. The van der Waals surface area contributed by atoms with Crippen LogP contribution in [-0.4, -0.2) is 42.9 Å². The molecule has 0 aliphatic carbocycles. The van der Waals surface area contributed by atoms with Gasteiger partial charge in [-0.2, -0.15) is 0 Å². The Hall–Kier alpha value is -4.46. The van der Waals surface area contributed by atoms with E-state index in [0.29, 0.717) is 11.1 Å². The Labute approximate surface area is 222 Å². The van der Waals surface area contributed by atoms with Gasteiger partial charge in [-0.05, 0) is 17.0 Å². The van der Waals surface area contributed by atoms with Crippen LogP contribution in [0.5, 0.6) is 0 Å². The highest BCUT2D eigenvalue weighted by Crippen LogP contribution is 2.13. The fourth-order valence-corrected chi connectivity index (χ4v) is 3.81. The van der Waals surface area contributed by atoms with Gasteiger partial charge in [-0.15, -0.1) is 0 Å². The highest BCUT2D eigenvalue weighted by molar-refractivity contribution is 6.08. The van der Waals surface area contributed by atoms with Crippen LogP contribution < -0.4 is 10.6 Å². The summed E-state index contributed by atoms with van der Waals surface area (Å²) < 4.78 is 10.1. The molecule has 0 fully saturated rings. The quantitative estimate of drug-likeness (QED) is 0.294. The molecule has 8 nitrogen and oxygen atoms in total. The van der Waals surface area contributed by atoms with Gasteiger partial charge in [-0.1, -0.05) is 98.8 Å². The molecule has 198 valence electrons. The van der Waals surface area contributed by atoms with Gasteiger partial charge >= 0.3 is 12.1 Å². The normalized spacial score (nSPS) is 12.2. The second-order valence-electron chi connectivity index (χ2n) is 9.11. The second kappa shape index (κ2) is 13.7. The number of rotatable bonds is 11. The van der Waals surface area contributed by atoms with Crippen LogP contribution >= 0.6 is 0 Å². The predicted molar refractivity (Wildman–Crippen MR) is 142 cm³/mol. The molecule has 2 N–H and O–H groups in total. The molecule has 0 heterocycles. The Morgan fingerprint density at radius 1 is 0.737 bits per heavy atom. The first kappa shape index (κ1) is 28.1. The van der Waals surface area contributed by atoms with Crippen LogP contribution in [0.15, 0.2) is 84.9 Å². The number of ether oxygens (including phenoxy) is 2. The van der Waals surface area contributed by atoms with Crippen molar-refractivity contribution in [1.82, 2.24) is 10.6 Å². The minimum Gasteiger partial charge on any atom is -0.467 e. The molecule has 0 unspecified atom stereocenters. The molecular weight excluding hydrogens is 484 g/mol. The fraction of sp³-hybridized carbons (Fsp3) is 0.267. The molecule has 0 spiro atoms. The van der Waals surface area contributed by atoms with Gasteiger partial charge in [0.1, 0.15) is 18.7 Å². The summed E-state index contributed by atoms with van der Waals surface area (Å²) in [5.74, 6) is -1.55. The number of ketones is 1. The number of hydrogen-bond donors (Lipinski definition) is 2. The van der Waals surface area contributed by atoms with Crippen molar-refractivity contribution in [3.63, 3.8) is 0 Å². The molecular formula is C30H32N2O6. The first-order valence-corrected chi connectivity index (χ1v) is 12.3. The molecule has 0 saturated heterocycles. The smallest absolute Gasteiger partial charge is 0.408 e. The number of esters is 1. The van der Waals surface area contributed by atoms with Gasteiger partial charge in [-0.25, -0.2) is 9.59 Å². The van der Waals surface area contributed by atoms with Crippen LogP contribution in [0.2, 0.25) is 0 Å². The second-order valence-corrected chi connectivity index (χ2v) is 9.11. The highest BCUT2D eigenvalue weighted by Gasteiger charge is 2.30. The zero-order valence-corrected chi connectivity index (χ0v) is 21.7. The summed E-state index contributed by atoms with van der Waals surface area (Å²) >= 11 is 0. The zero-order valence-electron chi connectivity index (χ0n) is 21.7. The van der Waals surface area contributed by atoms with Crippen LogP contribution in [0.3, 0.4) is 0 Å². The van der Waals surface area contributed by atoms with Crippen molar-refractivity contribution in [2.24, 2.45) is 5.92 Å². The number of amides is 2. The maximum absolute atomic E-state index is 13.1. The van der Waals surface area contributed by atoms with Gasteiger partial charge in [0.2, 0.25) is 5.91 Å². The lowest BCUT2D eigenvalue weighted by molar-refractivity contribution is -0.145. The molecule has 0 saturated carbocycles. The van der Waals surface area contributed by atoms with Crippen molar-refractivity contribution in [1.29, 1.82) is 0 Å². The van der Waals surface area contributed by atoms with Crippen LogP contribution in [0.4, 0.5) is 4.79 Å². The number of carbonyl (C=O) groups excluding carboxylic acids is 4. The topological polar surface area (TPSA) is 111 Å². The predicted octanol–water partition coefficient (Wildman–Crippen LogP) is 4.07. The van der Waals surface area contributed by atoms with E-state index in [1.165, 1.54) is 7.11 Å². The van der Waals surface area contributed by atoms with Crippen molar-refractivity contribution >= 4 is 23.8 Å². The van der Waals surface area contributed by atoms with Crippen LogP contribution in [0.1, 0.15) is 40.9 Å². The Balaban J connectivity index is 1.63. The molecule has 0 bridgehead atoms. The molecule has 2 amide bonds. The van der Waals surface area contributed by atoms with E-state index in [4.69, 9.17) is 9.47 Å². The monoisotopic (exact) mass is 516 g/mol. The van der Waals surface area contributed by atoms with Gasteiger partial charge in [-0.3, -0.25) is 9.59 Å². The van der Waals surface area contributed by atoms with Gasteiger partial charge in [0.15, 0.2) is 5.78 Å². The lowest BCUT2D eigenvalue weighted by Crippen LogP contribution is -2.54. The van der Waals surface area contributed by atoms with Crippen LogP contribution in [-0.2, 0) is 32.1 Å². The summed E-state index contributed by atoms with van der Waals surface area (Å²) in [6.07, 6.45) is -0.599. The molecule has 2 atom stereocenters. The number of nitrogens with one attached hydrogen (secondary N) is 2. The molecule has 0 aliphatic rings. The maximum Gasteiger partial charge on any atom is 0.408 e. The van der Waals surface area contributed by atoms with E-state index in [0.717, 1.165) is 11.1 Å². The lowest BCUT2D eigenvalue weighted by Gasteiger charge is -2.24. The fourth-order valence-electron chi connectivity index (χ4n) is 3.81. The summed E-state index contributed by atoms with van der Waals surface area (Å²) in [7, 11) is 1.24. The molecule has 0 radical (unpaired) electrons. The summed E-state index contributed by atoms with van der Waals surface area (Å²) in [4.78, 5) is 50.6. The third-order valence-electron chi connectivity index (χ3n) is 5.93. The third kappa shape index (κ3) is 8.03. The summed E-state index contributed by atoms with van der Waals surface area (Å²) in [6.45, 7) is 3.61. The molecule has 3 aromatic rings. The van der Waals surface area contributed by atoms with E-state index in [9.17, 15) is 19.2 Å².